The smallest absolute Gasteiger partial charge is 0.384 e. The molecule has 0 bridgehead atoms. The van der Waals surface area contributed by atoms with E-state index in [4.69, 9.17) is 5.73 Å². The number of hydrogen-bond donors (Lipinski definition) is 1. The van der Waals surface area contributed by atoms with Crippen LogP contribution in [0.4, 0.5) is 30.5 Å². The first-order valence-electron chi connectivity index (χ1n) is 6.09. The fourth-order valence-corrected chi connectivity index (χ4v) is 1.92. The lowest BCUT2D eigenvalue weighted by Gasteiger charge is -2.23. The summed E-state index contributed by atoms with van der Waals surface area (Å²) >= 11 is 0. The molecule has 2 aromatic rings. The van der Waals surface area contributed by atoms with Gasteiger partial charge in [-0.25, -0.2) is 4.98 Å². The summed E-state index contributed by atoms with van der Waals surface area (Å²) in [7, 11) is 0. The number of nitrogens with two attached hydrogens (primary N) is 1. The molecule has 20 heavy (non-hydrogen) atoms. The number of benzene rings is 1. The Hall–Kier alpha value is -2.24. The zero-order chi connectivity index (χ0) is 14.8. The van der Waals surface area contributed by atoms with Crippen LogP contribution in [-0.4, -0.2) is 11.5 Å². The Kier molecular flexibility index (Phi) is 3.83. The van der Waals surface area contributed by atoms with Crippen molar-refractivity contribution in [2.75, 3.05) is 17.2 Å². The summed E-state index contributed by atoms with van der Waals surface area (Å²) in [5, 5.41) is 0. The molecule has 0 radical (unpaired) electrons. The molecule has 0 unspecified atom stereocenters. The lowest BCUT2D eigenvalue weighted by Crippen LogP contribution is -2.19. The van der Waals surface area contributed by atoms with Gasteiger partial charge in [0.05, 0.1) is 5.56 Å². The van der Waals surface area contributed by atoms with E-state index in [1.165, 1.54) is 0 Å². The zero-order valence-electron chi connectivity index (χ0n) is 10.9. The predicted octanol–water partition coefficient (Wildman–Crippen LogP) is 3.84. The number of anilines is 3. The summed E-state index contributed by atoms with van der Waals surface area (Å²) < 4.78 is 38.4. The lowest BCUT2D eigenvalue weighted by molar-refractivity contribution is -0.137. The van der Waals surface area contributed by atoms with E-state index >= 15 is 0 Å². The maximum absolute atomic E-state index is 12.8. The highest BCUT2D eigenvalue weighted by Gasteiger charge is 2.32. The van der Waals surface area contributed by atoms with Gasteiger partial charge >= 0.3 is 6.18 Å². The van der Waals surface area contributed by atoms with Gasteiger partial charge in [0.15, 0.2) is 0 Å². The third-order valence-electron chi connectivity index (χ3n) is 2.82. The first-order chi connectivity index (χ1) is 9.41. The van der Waals surface area contributed by atoms with Gasteiger partial charge in [-0.2, -0.15) is 13.2 Å². The Bertz CT molecular complexity index is 582. The van der Waals surface area contributed by atoms with Crippen molar-refractivity contribution in [1.29, 1.82) is 0 Å². The third-order valence-corrected chi connectivity index (χ3v) is 2.82. The molecular formula is C14H14F3N3. The highest BCUT2D eigenvalue weighted by atomic mass is 19.4. The second kappa shape index (κ2) is 5.40. The van der Waals surface area contributed by atoms with Gasteiger partial charge in [0.1, 0.15) is 11.6 Å². The number of nitrogen functional groups attached to an aromatic ring is 1. The van der Waals surface area contributed by atoms with Crippen molar-refractivity contribution in [3.05, 3.63) is 48.0 Å². The maximum Gasteiger partial charge on any atom is 0.416 e. The second-order valence-electron chi connectivity index (χ2n) is 4.22. The van der Waals surface area contributed by atoms with Crippen molar-refractivity contribution in [2.24, 2.45) is 0 Å². The minimum Gasteiger partial charge on any atom is -0.384 e. The molecule has 0 aliphatic rings. The normalized spacial score (nSPS) is 11.4. The number of alkyl halides is 3. The third kappa shape index (κ3) is 3.01. The molecule has 3 nitrogen and oxygen atoms in total. The van der Waals surface area contributed by atoms with E-state index in [1.807, 2.05) is 37.3 Å². The first-order valence-corrected chi connectivity index (χ1v) is 6.09. The van der Waals surface area contributed by atoms with Crippen LogP contribution in [0.3, 0.4) is 0 Å². The Morgan fingerprint density at radius 1 is 1.15 bits per heavy atom. The number of rotatable bonds is 3. The average molecular weight is 281 g/mol. The van der Waals surface area contributed by atoms with Gasteiger partial charge in [-0.3, -0.25) is 0 Å². The maximum atomic E-state index is 12.8. The van der Waals surface area contributed by atoms with Crippen molar-refractivity contribution in [1.82, 2.24) is 4.98 Å². The summed E-state index contributed by atoms with van der Waals surface area (Å²) in [6.45, 7) is 2.32. The first kappa shape index (κ1) is 14.2. The largest absolute Gasteiger partial charge is 0.416 e. The molecule has 6 heteroatoms. The Balaban J connectivity index is 2.48. The van der Waals surface area contributed by atoms with Crippen molar-refractivity contribution in [3.63, 3.8) is 0 Å². The molecule has 0 aliphatic carbocycles. The molecule has 1 aromatic carbocycles. The van der Waals surface area contributed by atoms with Crippen LogP contribution >= 0.6 is 0 Å². The second-order valence-corrected chi connectivity index (χ2v) is 4.22. The van der Waals surface area contributed by atoms with E-state index in [0.717, 1.165) is 17.8 Å². The number of nitrogens with zero attached hydrogens (tertiary/aromatic N) is 2. The van der Waals surface area contributed by atoms with Gasteiger partial charge in [0, 0.05) is 12.2 Å². The molecule has 1 aromatic heterocycles. The minimum atomic E-state index is -4.44. The molecule has 0 atom stereocenters. The molecule has 0 spiro atoms. The van der Waals surface area contributed by atoms with Gasteiger partial charge in [0.2, 0.25) is 0 Å². The molecule has 0 aliphatic heterocycles. The fourth-order valence-electron chi connectivity index (χ4n) is 1.92. The molecule has 1 heterocycles. The van der Waals surface area contributed by atoms with Gasteiger partial charge in [0.25, 0.3) is 0 Å². The molecular weight excluding hydrogens is 267 g/mol. The van der Waals surface area contributed by atoms with E-state index in [-0.39, 0.29) is 11.6 Å². The standard InChI is InChI=1S/C14H14F3N3/c1-2-20(11-6-4-3-5-7-11)13-9-10(14(15,16)17)8-12(18)19-13/h3-9H,2H2,1H3,(H2,18,19). The number of halogens is 3. The summed E-state index contributed by atoms with van der Waals surface area (Å²) in [6.07, 6.45) is -4.44. The molecule has 2 rings (SSSR count). The van der Waals surface area contributed by atoms with E-state index < -0.39 is 11.7 Å². The highest BCUT2D eigenvalue weighted by molar-refractivity contribution is 5.62. The van der Waals surface area contributed by atoms with Gasteiger partial charge in [-0.15, -0.1) is 0 Å². The van der Waals surface area contributed by atoms with Crippen LogP contribution in [0.15, 0.2) is 42.5 Å². The monoisotopic (exact) mass is 281 g/mol. The van der Waals surface area contributed by atoms with E-state index in [1.54, 1.807) is 4.90 Å². The molecule has 0 amide bonds. The molecule has 2 N–H and O–H groups in total. The van der Waals surface area contributed by atoms with Crippen LogP contribution in [0, 0.1) is 0 Å². The van der Waals surface area contributed by atoms with Crippen LogP contribution in [0.5, 0.6) is 0 Å². The predicted molar refractivity (Wildman–Crippen MR) is 72.8 cm³/mol. The Labute approximate surface area is 114 Å². The number of hydrogen-bond acceptors (Lipinski definition) is 3. The van der Waals surface area contributed by atoms with Crippen molar-refractivity contribution in [3.8, 4) is 0 Å². The van der Waals surface area contributed by atoms with Gasteiger partial charge in [-0.1, -0.05) is 18.2 Å². The van der Waals surface area contributed by atoms with E-state index in [2.05, 4.69) is 4.98 Å². The summed E-state index contributed by atoms with van der Waals surface area (Å²) in [6, 6.07) is 10.9. The topological polar surface area (TPSA) is 42.1 Å². The summed E-state index contributed by atoms with van der Waals surface area (Å²) in [4.78, 5) is 5.67. The Morgan fingerprint density at radius 3 is 2.35 bits per heavy atom. The average Bonchev–Trinajstić information content (AvgIpc) is 2.39. The lowest BCUT2D eigenvalue weighted by atomic mass is 10.2. The van der Waals surface area contributed by atoms with Crippen LogP contribution in [-0.2, 0) is 6.18 Å². The Morgan fingerprint density at radius 2 is 1.80 bits per heavy atom. The summed E-state index contributed by atoms with van der Waals surface area (Å²) in [5.74, 6) is 0.0373. The van der Waals surface area contributed by atoms with E-state index in [9.17, 15) is 13.2 Å². The van der Waals surface area contributed by atoms with Gasteiger partial charge < -0.3 is 10.6 Å². The molecule has 0 saturated carbocycles. The van der Waals surface area contributed by atoms with E-state index in [0.29, 0.717) is 6.54 Å². The quantitative estimate of drug-likeness (QED) is 0.929. The van der Waals surface area contributed by atoms with Crippen LogP contribution in [0.1, 0.15) is 12.5 Å². The van der Waals surface area contributed by atoms with Crippen molar-refractivity contribution < 1.29 is 13.2 Å². The highest BCUT2D eigenvalue weighted by Crippen LogP contribution is 2.33. The van der Waals surface area contributed by atoms with Crippen LogP contribution < -0.4 is 10.6 Å². The molecule has 106 valence electrons. The fraction of sp³-hybridized carbons (Fsp3) is 0.214. The number of para-hydroxylation sites is 1. The van der Waals surface area contributed by atoms with Crippen molar-refractivity contribution in [2.45, 2.75) is 13.1 Å². The van der Waals surface area contributed by atoms with Crippen LogP contribution in [0.25, 0.3) is 0 Å². The zero-order valence-corrected chi connectivity index (χ0v) is 10.9. The number of aromatic nitrogens is 1. The number of pyridine rings is 1. The SMILES string of the molecule is CCN(c1ccccc1)c1cc(C(F)(F)F)cc(N)n1. The summed E-state index contributed by atoms with van der Waals surface area (Å²) in [5.41, 5.74) is 5.46. The van der Waals surface area contributed by atoms with Crippen LogP contribution in [0.2, 0.25) is 0 Å². The van der Waals surface area contributed by atoms with Gasteiger partial charge in [-0.05, 0) is 31.2 Å². The molecule has 0 fully saturated rings. The minimum absolute atomic E-state index is 0.149. The van der Waals surface area contributed by atoms with Crippen molar-refractivity contribution >= 4 is 17.3 Å². The molecule has 0 saturated heterocycles.